The quantitative estimate of drug-likeness (QED) is 0.588. The summed E-state index contributed by atoms with van der Waals surface area (Å²) in [5.41, 5.74) is 0. The molecule has 1 amide bonds. The molecule has 0 bridgehead atoms. The molecule has 5 atom stereocenters. The molecule has 0 aromatic carbocycles. The molecule has 1 aliphatic heterocycles. The minimum absolute atomic E-state index is 0.0532. The van der Waals surface area contributed by atoms with Crippen molar-refractivity contribution in [3.63, 3.8) is 0 Å². The first-order chi connectivity index (χ1) is 10.4. The lowest BCUT2D eigenvalue weighted by molar-refractivity contribution is -0.139. The molecule has 1 rings (SSSR count). The summed E-state index contributed by atoms with van der Waals surface area (Å²) in [6.07, 6.45) is 6.04. The van der Waals surface area contributed by atoms with Crippen molar-refractivity contribution < 1.29 is 19.4 Å². The summed E-state index contributed by atoms with van der Waals surface area (Å²) >= 11 is 0. The molecule has 0 aromatic rings. The maximum atomic E-state index is 11.6. The van der Waals surface area contributed by atoms with Crippen LogP contribution in [-0.2, 0) is 14.3 Å². The average molecular weight is 312 g/mol. The molecule has 1 fully saturated rings. The van der Waals surface area contributed by atoms with Gasteiger partial charge >= 0.3 is 5.97 Å². The number of ether oxygens (including phenoxy) is 1. The zero-order chi connectivity index (χ0) is 16.7. The highest BCUT2D eigenvalue weighted by atomic mass is 16.5. The molecule has 6 heteroatoms. The Bertz CT molecular complexity index is 411. The van der Waals surface area contributed by atoms with Gasteiger partial charge in [0, 0.05) is 20.1 Å². The number of methoxy groups -OCH3 is 1. The summed E-state index contributed by atoms with van der Waals surface area (Å²) in [4.78, 5) is 22.9. The molecule has 3 N–H and O–H groups in total. The zero-order valence-electron chi connectivity index (χ0n) is 13.8. The molecule has 126 valence electrons. The zero-order valence-corrected chi connectivity index (χ0v) is 13.8. The van der Waals surface area contributed by atoms with Gasteiger partial charge < -0.3 is 15.2 Å². The van der Waals surface area contributed by atoms with Crippen molar-refractivity contribution >= 4 is 11.9 Å². The Labute approximate surface area is 132 Å². The highest BCUT2D eigenvalue weighted by Crippen LogP contribution is 2.27. The lowest BCUT2D eigenvalue weighted by atomic mass is 9.88. The Balaban J connectivity index is 3.02. The van der Waals surface area contributed by atoms with Gasteiger partial charge in [0.1, 0.15) is 6.04 Å². The van der Waals surface area contributed by atoms with Crippen LogP contribution in [0, 0.1) is 5.92 Å². The number of aliphatic carboxylic acids is 1. The fourth-order valence-electron chi connectivity index (χ4n) is 3.21. The Morgan fingerprint density at radius 1 is 1.50 bits per heavy atom. The second-order valence-corrected chi connectivity index (χ2v) is 5.80. The SMILES string of the molecule is C/C=C\[C@@H]1C[C@H](C(=O)O)N[C@H]1[C@@H](NC(C)=O)[C@H](CCC)OC. The predicted octanol–water partition coefficient (Wildman–Crippen LogP) is 1.31. The Hall–Kier alpha value is -1.40. The Morgan fingerprint density at radius 2 is 2.18 bits per heavy atom. The minimum atomic E-state index is -0.858. The number of hydrogen-bond donors (Lipinski definition) is 3. The normalized spacial score (nSPS) is 27.7. The van der Waals surface area contributed by atoms with Gasteiger partial charge in [-0.3, -0.25) is 14.9 Å². The van der Waals surface area contributed by atoms with Gasteiger partial charge in [0.05, 0.1) is 12.1 Å². The van der Waals surface area contributed by atoms with Crippen LogP contribution in [0.2, 0.25) is 0 Å². The molecule has 0 saturated carbocycles. The summed E-state index contributed by atoms with van der Waals surface area (Å²) in [7, 11) is 1.63. The molecule has 0 unspecified atom stereocenters. The van der Waals surface area contributed by atoms with Crippen LogP contribution in [0.1, 0.15) is 40.0 Å². The largest absolute Gasteiger partial charge is 0.480 e. The van der Waals surface area contributed by atoms with E-state index < -0.39 is 12.0 Å². The number of nitrogens with one attached hydrogen (secondary N) is 2. The molecular formula is C16H28N2O4. The number of carbonyl (C=O) groups excluding carboxylic acids is 1. The average Bonchev–Trinajstić information content (AvgIpc) is 2.87. The highest BCUT2D eigenvalue weighted by Gasteiger charge is 2.43. The Morgan fingerprint density at radius 3 is 2.64 bits per heavy atom. The predicted molar refractivity (Wildman–Crippen MR) is 84.6 cm³/mol. The highest BCUT2D eigenvalue weighted by molar-refractivity contribution is 5.75. The molecule has 0 aromatic heterocycles. The van der Waals surface area contributed by atoms with E-state index in [1.807, 2.05) is 19.1 Å². The fraction of sp³-hybridized carbons (Fsp3) is 0.750. The number of hydrogen-bond acceptors (Lipinski definition) is 4. The van der Waals surface area contributed by atoms with Gasteiger partial charge in [-0.15, -0.1) is 0 Å². The van der Waals surface area contributed by atoms with Crippen LogP contribution in [0.5, 0.6) is 0 Å². The number of allylic oxidation sites excluding steroid dienone is 1. The molecule has 0 spiro atoms. The number of carboxylic acids is 1. The van der Waals surface area contributed by atoms with Gasteiger partial charge in [0.2, 0.25) is 5.91 Å². The molecule has 1 heterocycles. The number of rotatable bonds is 8. The maximum absolute atomic E-state index is 11.6. The third-order valence-corrected chi connectivity index (χ3v) is 4.13. The first-order valence-electron chi connectivity index (χ1n) is 7.86. The van der Waals surface area contributed by atoms with E-state index in [1.165, 1.54) is 6.92 Å². The van der Waals surface area contributed by atoms with E-state index >= 15 is 0 Å². The number of amides is 1. The van der Waals surface area contributed by atoms with Crippen molar-refractivity contribution in [2.24, 2.45) is 5.92 Å². The summed E-state index contributed by atoms with van der Waals surface area (Å²) in [5.74, 6) is -0.941. The van der Waals surface area contributed by atoms with E-state index in [0.29, 0.717) is 6.42 Å². The van der Waals surface area contributed by atoms with E-state index in [-0.39, 0.29) is 30.0 Å². The molecule has 0 radical (unpaired) electrons. The fourth-order valence-corrected chi connectivity index (χ4v) is 3.21. The van der Waals surface area contributed by atoms with Crippen LogP contribution < -0.4 is 10.6 Å². The minimum Gasteiger partial charge on any atom is -0.480 e. The van der Waals surface area contributed by atoms with Crippen LogP contribution in [-0.4, -0.2) is 48.3 Å². The van der Waals surface area contributed by atoms with E-state index in [9.17, 15) is 14.7 Å². The lowest BCUT2D eigenvalue weighted by Gasteiger charge is -2.34. The maximum Gasteiger partial charge on any atom is 0.320 e. The number of carbonyl (C=O) groups is 2. The van der Waals surface area contributed by atoms with Crippen molar-refractivity contribution in [2.75, 3.05) is 7.11 Å². The molecule has 1 saturated heterocycles. The van der Waals surface area contributed by atoms with Crippen LogP contribution in [0.3, 0.4) is 0 Å². The molecule has 1 aliphatic rings. The molecular weight excluding hydrogens is 284 g/mol. The van der Waals surface area contributed by atoms with Crippen molar-refractivity contribution in [1.29, 1.82) is 0 Å². The summed E-state index contributed by atoms with van der Waals surface area (Å²) < 4.78 is 5.56. The van der Waals surface area contributed by atoms with Crippen molar-refractivity contribution in [3.8, 4) is 0 Å². The molecule has 22 heavy (non-hydrogen) atoms. The van der Waals surface area contributed by atoms with Gasteiger partial charge in [-0.05, 0) is 25.7 Å². The lowest BCUT2D eigenvalue weighted by Crippen LogP contribution is -2.57. The third-order valence-electron chi connectivity index (χ3n) is 4.13. The van der Waals surface area contributed by atoms with Gasteiger partial charge in [0.25, 0.3) is 0 Å². The molecule has 6 nitrogen and oxygen atoms in total. The van der Waals surface area contributed by atoms with Gasteiger partial charge in [-0.25, -0.2) is 0 Å². The van der Waals surface area contributed by atoms with Crippen LogP contribution in [0.15, 0.2) is 12.2 Å². The van der Waals surface area contributed by atoms with Gasteiger partial charge in [-0.2, -0.15) is 0 Å². The van der Waals surface area contributed by atoms with E-state index in [4.69, 9.17) is 4.74 Å². The second kappa shape index (κ2) is 8.90. The topological polar surface area (TPSA) is 87.7 Å². The van der Waals surface area contributed by atoms with Crippen LogP contribution in [0.25, 0.3) is 0 Å². The van der Waals surface area contributed by atoms with E-state index in [1.54, 1.807) is 7.11 Å². The Kier molecular flexibility index (Phi) is 7.55. The first kappa shape index (κ1) is 18.6. The van der Waals surface area contributed by atoms with Gasteiger partial charge in [-0.1, -0.05) is 25.5 Å². The van der Waals surface area contributed by atoms with Gasteiger partial charge in [0.15, 0.2) is 0 Å². The summed E-state index contributed by atoms with van der Waals surface area (Å²) in [6, 6.07) is -1.01. The van der Waals surface area contributed by atoms with E-state index in [2.05, 4.69) is 17.6 Å². The smallest absolute Gasteiger partial charge is 0.320 e. The second-order valence-electron chi connectivity index (χ2n) is 5.80. The standard InChI is InChI=1S/C16H28N2O4/c1-5-7-11-9-12(16(20)21)18-14(11)15(17-10(3)19)13(22-4)8-6-2/h5,7,11-15,18H,6,8-9H2,1-4H3,(H,17,19)(H,20,21)/b7-5-/t11-,12-,13+,14-,15+/m1/s1. The summed E-state index contributed by atoms with van der Waals surface area (Å²) in [5, 5.41) is 15.4. The van der Waals surface area contributed by atoms with Crippen LogP contribution >= 0.6 is 0 Å². The molecule has 0 aliphatic carbocycles. The van der Waals surface area contributed by atoms with Crippen molar-refractivity contribution in [3.05, 3.63) is 12.2 Å². The van der Waals surface area contributed by atoms with E-state index in [0.717, 1.165) is 12.8 Å². The van der Waals surface area contributed by atoms with Crippen LogP contribution in [0.4, 0.5) is 0 Å². The third kappa shape index (κ3) is 4.81. The monoisotopic (exact) mass is 312 g/mol. The van der Waals surface area contributed by atoms with Crippen molar-refractivity contribution in [1.82, 2.24) is 10.6 Å². The van der Waals surface area contributed by atoms with Crippen molar-refractivity contribution in [2.45, 2.75) is 64.3 Å². The first-order valence-corrected chi connectivity index (χ1v) is 7.86. The number of carboxylic acid groups (broad SMARTS) is 1. The summed E-state index contributed by atoms with van der Waals surface area (Å²) in [6.45, 7) is 5.45.